The van der Waals surface area contributed by atoms with Gasteiger partial charge in [0.2, 0.25) is 0 Å². The van der Waals surface area contributed by atoms with E-state index in [9.17, 15) is 18.0 Å². The molecule has 0 radical (unpaired) electrons. The lowest BCUT2D eigenvalue weighted by Gasteiger charge is -2.28. The van der Waals surface area contributed by atoms with Gasteiger partial charge in [0.1, 0.15) is 5.69 Å². The summed E-state index contributed by atoms with van der Waals surface area (Å²) < 4.78 is 43.4. The lowest BCUT2D eigenvalue weighted by Crippen LogP contribution is -2.27. The van der Waals surface area contributed by atoms with E-state index in [0.29, 0.717) is 23.0 Å². The fourth-order valence-electron chi connectivity index (χ4n) is 4.61. The van der Waals surface area contributed by atoms with Crippen LogP contribution < -0.4 is 11.1 Å². The van der Waals surface area contributed by atoms with Gasteiger partial charge in [0.15, 0.2) is 5.69 Å². The van der Waals surface area contributed by atoms with Gasteiger partial charge in [-0.05, 0) is 55.3 Å². The molecule has 2 heterocycles. The van der Waals surface area contributed by atoms with Crippen molar-refractivity contribution < 1.29 is 18.0 Å². The van der Waals surface area contributed by atoms with Gasteiger partial charge in [-0.2, -0.15) is 23.4 Å². The molecule has 1 unspecified atom stereocenters. The zero-order chi connectivity index (χ0) is 27.0. The van der Waals surface area contributed by atoms with E-state index >= 15 is 0 Å². The average Bonchev–Trinajstić information content (AvgIpc) is 3.49. The second kappa shape index (κ2) is 10.1. The normalized spacial score (nSPS) is 14.6. The number of anilines is 1. The van der Waals surface area contributed by atoms with E-state index in [0.717, 1.165) is 34.7 Å². The number of aryl methyl sites for hydroxylation is 1. The average molecular weight is 524 g/mol. The number of carbonyl (C=O) groups is 1. The van der Waals surface area contributed by atoms with Gasteiger partial charge in [0.25, 0.3) is 5.91 Å². The molecule has 1 saturated carbocycles. The lowest BCUT2D eigenvalue weighted by atomic mass is 9.99. The quantitative estimate of drug-likeness (QED) is 0.354. The smallest absolute Gasteiger partial charge is 0.326 e. The Morgan fingerprint density at radius 3 is 2.58 bits per heavy atom. The number of nitrogens with two attached hydrogens (primary N) is 1. The van der Waals surface area contributed by atoms with Crippen molar-refractivity contribution in [3.05, 3.63) is 95.1 Å². The topological polar surface area (TPSA) is 94.0 Å². The molecule has 38 heavy (non-hydrogen) atoms. The van der Waals surface area contributed by atoms with Crippen molar-refractivity contribution in [2.24, 2.45) is 12.8 Å². The third-order valence-corrected chi connectivity index (χ3v) is 6.65. The van der Waals surface area contributed by atoms with Crippen LogP contribution in [0.4, 0.5) is 18.9 Å². The van der Waals surface area contributed by atoms with E-state index in [1.54, 1.807) is 35.0 Å². The SMILES string of the molecule is CN(C1CC1)C(c1cccc(NC(=O)c2cc(C(F)(F)F)nn2-c2cccc(CN)c2)c1)c1cnn(C)c1. The third kappa shape index (κ3) is 5.34. The van der Waals surface area contributed by atoms with Crippen LogP contribution in [0.3, 0.4) is 0 Å². The molecular weight excluding hydrogens is 495 g/mol. The highest BCUT2D eigenvalue weighted by molar-refractivity contribution is 6.03. The summed E-state index contributed by atoms with van der Waals surface area (Å²) in [5.41, 5.74) is 7.72. The van der Waals surface area contributed by atoms with Gasteiger partial charge >= 0.3 is 6.18 Å². The molecule has 0 aliphatic heterocycles. The van der Waals surface area contributed by atoms with Crippen molar-refractivity contribution >= 4 is 11.6 Å². The minimum absolute atomic E-state index is 0.0885. The predicted molar refractivity (Wildman–Crippen MR) is 137 cm³/mol. The summed E-state index contributed by atoms with van der Waals surface area (Å²) >= 11 is 0. The summed E-state index contributed by atoms with van der Waals surface area (Å²) in [6, 6.07) is 15.1. The molecule has 2 aromatic carbocycles. The van der Waals surface area contributed by atoms with Crippen LogP contribution in [-0.4, -0.2) is 43.5 Å². The van der Waals surface area contributed by atoms with E-state index in [-0.39, 0.29) is 18.3 Å². The Kier molecular flexibility index (Phi) is 6.80. The van der Waals surface area contributed by atoms with E-state index in [1.165, 1.54) is 0 Å². The molecule has 1 fully saturated rings. The molecular formula is C27H28F3N7O. The van der Waals surface area contributed by atoms with Crippen LogP contribution in [0.5, 0.6) is 0 Å². The number of benzene rings is 2. The Labute approximate surface area is 217 Å². The maximum absolute atomic E-state index is 13.5. The second-order valence-corrected chi connectivity index (χ2v) is 9.52. The first-order valence-corrected chi connectivity index (χ1v) is 12.2. The number of hydrogen-bond acceptors (Lipinski definition) is 5. The molecule has 8 nitrogen and oxygen atoms in total. The minimum Gasteiger partial charge on any atom is -0.326 e. The summed E-state index contributed by atoms with van der Waals surface area (Å²) in [5.74, 6) is -0.711. The molecule has 5 rings (SSSR count). The number of nitrogens with one attached hydrogen (secondary N) is 1. The molecule has 198 valence electrons. The number of aromatic nitrogens is 4. The Morgan fingerprint density at radius 2 is 1.92 bits per heavy atom. The fraction of sp³-hybridized carbons (Fsp3) is 0.296. The predicted octanol–water partition coefficient (Wildman–Crippen LogP) is 4.52. The number of nitrogens with zero attached hydrogens (tertiary/aromatic N) is 5. The highest BCUT2D eigenvalue weighted by Gasteiger charge is 2.36. The fourth-order valence-corrected chi connectivity index (χ4v) is 4.61. The molecule has 0 spiro atoms. The van der Waals surface area contributed by atoms with Gasteiger partial charge in [0.05, 0.1) is 17.9 Å². The number of halogens is 3. The summed E-state index contributed by atoms with van der Waals surface area (Å²) in [5, 5.41) is 10.8. The van der Waals surface area contributed by atoms with Crippen molar-refractivity contribution in [2.75, 3.05) is 12.4 Å². The van der Waals surface area contributed by atoms with Crippen LogP contribution in [0.25, 0.3) is 5.69 Å². The van der Waals surface area contributed by atoms with Gasteiger partial charge in [0, 0.05) is 43.1 Å². The summed E-state index contributed by atoms with van der Waals surface area (Å²) in [6.07, 6.45) is 1.29. The number of alkyl halides is 3. The Hall–Kier alpha value is -3.96. The van der Waals surface area contributed by atoms with Gasteiger partial charge in [-0.15, -0.1) is 0 Å². The first-order chi connectivity index (χ1) is 18.1. The van der Waals surface area contributed by atoms with E-state index in [4.69, 9.17) is 5.73 Å². The Morgan fingerprint density at radius 1 is 1.16 bits per heavy atom. The van der Waals surface area contributed by atoms with Crippen molar-refractivity contribution in [2.45, 2.75) is 37.6 Å². The van der Waals surface area contributed by atoms with Crippen LogP contribution in [0.2, 0.25) is 0 Å². The zero-order valence-electron chi connectivity index (χ0n) is 21.0. The van der Waals surface area contributed by atoms with Crippen molar-refractivity contribution in [3.8, 4) is 5.69 Å². The Balaban J connectivity index is 1.48. The van der Waals surface area contributed by atoms with Crippen LogP contribution >= 0.6 is 0 Å². The van der Waals surface area contributed by atoms with Crippen LogP contribution in [0, 0.1) is 0 Å². The molecule has 0 bridgehead atoms. The van der Waals surface area contributed by atoms with E-state index in [1.807, 2.05) is 37.6 Å². The second-order valence-electron chi connectivity index (χ2n) is 9.52. The zero-order valence-corrected chi connectivity index (χ0v) is 21.0. The highest BCUT2D eigenvalue weighted by Crippen LogP contribution is 2.37. The van der Waals surface area contributed by atoms with Gasteiger partial charge in [-0.3, -0.25) is 14.4 Å². The van der Waals surface area contributed by atoms with Crippen LogP contribution in [0.15, 0.2) is 67.0 Å². The number of carbonyl (C=O) groups excluding carboxylic acids is 1. The maximum atomic E-state index is 13.5. The van der Waals surface area contributed by atoms with Crippen molar-refractivity contribution in [1.82, 2.24) is 24.5 Å². The molecule has 11 heteroatoms. The van der Waals surface area contributed by atoms with Gasteiger partial charge < -0.3 is 11.1 Å². The number of rotatable bonds is 8. The summed E-state index contributed by atoms with van der Waals surface area (Å²) in [7, 11) is 3.92. The third-order valence-electron chi connectivity index (χ3n) is 6.65. The van der Waals surface area contributed by atoms with Crippen LogP contribution in [-0.2, 0) is 19.8 Å². The number of amides is 1. The summed E-state index contributed by atoms with van der Waals surface area (Å²) in [6.45, 7) is 0.197. The molecule has 1 amide bonds. The molecule has 1 aliphatic rings. The van der Waals surface area contributed by atoms with E-state index in [2.05, 4.69) is 27.5 Å². The molecule has 4 aromatic rings. The summed E-state index contributed by atoms with van der Waals surface area (Å²) in [4.78, 5) is 15.6. The molecule has 3 N–H and O–H groups in total. The van der Waals surface area contributed by atoms with Crippen molar-refractivity contribution in [3.63, 3.8) is 0 Å². The first-order valence-electron chi connectivity index (χ1n) is 12.2. The van der Waals surface area contributed by atoms with Crippen LogP contribution in [0.1, 0.15) is 51.8 Å². The van der Waals surface area contributed by atoms with Gasteiger partial charge in [-0.1, -0.05) is 24.3 Å². The first kappa shape index (κ1) is 25.7. The van der Waals surface area contributed by atoms with E-state index < -0.39 is 17.8 Å². The molecule has 1 atom stereocenters. The molecule has 2 aromatic heterocycles. The highest BCUT2D eigenvalue weighted by atomic mass is 19.4. The lowest BCUT2D eigenvalue weighted by molar-refractivity contribution is -0.141. The standard InChI is InChI=1S/C27H28F3N7O/c1-35-16-19(15-32-35)25(36(2)21-9-10-21)18-6-4-7-20(12-18)33-26(38)23-13-24(27(28,29)30)34-37(23)22-8-3-5-17(11-22)14-31/h3-8,11-13,15-16,21,25H,9-10,14,31H2,1-2H3,(H,33,38). The largest absolute Gasteiger partial charge is 0.435 e. The van der Waals surface area contributed by atoms with Gasteiger partial charge in [-0.25, -0.2) is 4.68 Å². The van der Waals surface area contributed by atoms with Crippen molar-refractivity contribution in [1.29, 1.82) is 0 Å². The maximum Gasteiger partial charge on any atom is 0.435 e. The molecule has 0 saturated heterocycles. The minimum atomic E-state index is -4.71. The Bertz CT molecular complexity index is 1450. The number of hydrogen-bond donors (Lipinski definition) is 2. The monoisotopic (exact) mass is 523 g/mol. The molecule has 1 aliphatic carbocycles.